The molecule has 43 heavy (non-hydrogen) atoms. The van der Waals surface area contributed by atoms with Crippen LogP contribution in [0.2, 0.25) is 5.02 Å². The molecule has 0 N–H and O–H groups in total. The van der Waals surface area contributed by atoms with Crippen molar-refractivity contribution in [3.05, 3.63) is 81.3 Å². The lowest BCUT2D eigenvalue weighted by Gasteiger charge is -2.44. The zero-order valence-corrected chi connectivity index (χ0v) is 25.7. The minimum absolute atomic E-state index is 0.0159. The molecule has 1 saturated heterocycles. The molecule has 0 unspecified atom stereocenters. The lowest BCUT2D eigenvalue weighted by molar-refractivity contribution is -0.137. The summed E-state index contributed by atoms with van der Waals surface area (Å²) in [4.78, 5) is 39.3. The Labute approximate surface area is 259 Å². The Morgan fingerprint density at radius 2 is 1.93 bits per heavy atom. The molecular weight excluding hydrogens is 619 g/mol. The molecule has 1 fully saturated rings. The van der Waals surface area contributed by atoms with Gasteiger partial charge in [-0.1, -0.05) is 24.2 Å². The molecule has 2 aliphatic heterocycles. The van der Waals surface area contributed by atoms with Gasteiger partial charge in [0.25, 0.3) is 0 Å². The Balaban J connectivity index is 1.62. The van der Waals surface area contributed by atoms with E-state index in [4.69, 9.17) is 11.6 Å². The molecule has 1 amide bonds. The predicted octanol–water partition coefficient (Wildman–Crippen LogP) is 6.69. The van der Waals surface area contributed by atoms with Crippen LogP contribution in [-0.2, 0) is 17.5 Å². The highest BCUT2D eigenvalue weighted by atomic mass is 35.5. The second-order valence-electron chi connectivity index (χ2n) is 10.8. The number of halogens is 4. The van der Waals surface area contributed by atoms with Gasteiger partial charge in [-0.05, 0) is 43.7 Å². The lowest BCUT2D eigenvalue weighted by Crippen LogP contribution is -2.58. The van der Waals surface area contributed by atoms with Crippen molar-refractivity contribution in [2.75, 3.05) is 23.7 Å². The Bertz CT molecular complexity index is 1780. The summed E-state index contributed by atoms with van der Waals surface area (Å²) in [6, 6.07) is 5.79. The number of benzene rings is 1. The van der Waals surface area contributed by atoms with E-state index in [9.17, 15) is 22.8 Å². The molecule has 3 atom stereocenters. The first-order valence-electron chi connectivity index (χ1n) is 13.6. The number of hydrogen-bond donors (Lipinski definition) is 0. The van der Waals surface area contributed by atoms with Crippen LogP contribution in [0.1, 0.15) is 30.9 Å². The number of aromatic nitrogens is 3. The smallest absolute Gasteiger partial charge is 0.352 e. The summed E-state index contributed by atoms with van der Waals surface area (Å²) < 4.78 is 46.2. The number of anilines is 1. The van der Waals surface area contributed by atoms with Gasteiger partial charge in [-0.25, -0.2) is 4.79 Å². The van der Waals surface area contributed by atoms with E-state index < -0.39 is 17.4 Å². The third-order valence-corrected chi connectivity index (χ3v) is 10.5. The van der Waals surface area contributed by atoms with Gasteiger partial charge in [0.1, 0.15) is 5.82 Å². The van der Waals surface area contributed by atoms with E-state index in [0.717, 1.165) is 23.0 Å². The van der Waals surface area contributed by atoms with Crippen molar-refractivity contribution < 1.29 is 18.0 Å². The van der Waals surface area contributed by atoms with E-state index in [1.54, 1.807) is 28.7 Å². The van der Waals surface area contributed by atoms with Crippen LogP contribution in [0, 0.1) is 0 Å². The van der Waals surface area contributed by atoms with Gasteiger partial charge in [0.05, 0.1) is 16.1 Å². The lowest BCUT2D eigenvalue weighted by atomic mass is 9.99. The Hall–Kier alpha value is -3.35. The number of rotatable bonds is 4. The summed E-state index contributed by atoms with van der Waals surface area (Å²) in [5.41, 5.74) is -0.0315. The Morgan fingerprint density at radius 3 is 2.53 bits per heavy atom. The number of pyridine rings is 1. The highest BCUT2D eigenvalue weighted by Crippen LogP contribution is 2.50. The van der Waals surface area contributed by atoms with E-state index in [2.05, 4.69) is 16.5 Å². The molecule has 0 saturated carbocycles. The van der Waals surface area contributed by atoms with Gasteiger partial charge in [0, 0.05) is 81.9 Å². The standard InChI is InChI=1S/C30H27ClF3N5O2S2/c1-4-24(40)39-16(2)11-37(12-17(39)3)28-21-9-22(30(32,33)34)25(23-8-20(31)15-42-23)27-26(21)38(29(41)36-28)13-19(14-43-27)18-6-5-7-35-10-18/h4-10,15-17,19H,1,11-14H2,2-3H3/t16-,17+,19-/m0/s1. The number of carbonyl (C=O) groups excluding carboxylic acids is 1. The van der Waals surface area contributed by atoms with Crippen LogP contribution in [0.5, 0.6) is 0 Å². The van der Waals surface area contributed by atoms with Gasteiger partial charge in [-0.2, -0.15) is 18.2 Å². The summed E-state index contributed by atoms with van der Waals surface area (Å²) in [6.07, 6.45) is -0.0658. The fourth-order valence-corrected chi connectivity index (χ4v) is 8.76. The second kappa shape index (κ2) is 11.3. The number of hydrogen-bond acceptors (Lipinski definition) is 7. The van der Waals surface area contributed by atoms with Crippen molar-refractivity contribution in [2.24, 2.45) is 0 Å². The minimum atomic E-state index is -4.69. The van der Waals surface area contributed by atoms with Gasteiger partial charge in [0.2, 0.25) is 5.91 Å². The van der Waals surface area contributed by atoms with E-state index in [0.29, 0.717) is 39.2 Å². The van der Waals surface area contributed by atoms with Crippen molar-refractivity contribution in [1.82, 2.24) is 19.4 Å². The number of amides is 1. The number of thioether (sulfide) groups is 1. The topological polar surface area (TPSA) is 71.3 Å². The van der Waals surface area contributed by atoms with E-state index >= 15 is 0 Å². The summed E-state index contributed by atoms with van der Waals surface area (Å²) in [5.74, 6) is 0.199. The van der Waals surface area contributed by atoms with Gasteiger partial charge >= 0.3 is 11.9 Å². The number of alkyl halides is 3. The molecule has 13 heteroatoms. The average Bonchev–Trinajstić information content (AvgIpc) is 3.29. The normalized spacial score (nSPS) is 20.7. The molecule has 1 aromatic carbocycles. The summed E-state index contributed by atoms with van der Waals surface area (Å²) in [5, 5.41) is 2.19. The second-order valence-corrected chi connectivity index (χ2v) is 13.2. The van der Waals surface area contributed by atoms with Crippen LogP contribution in [-0.4, -0.2) is 56.3 Å². The molecule has 2 aliphatic rings. The van der Waals surface area contributed by atoms with Crippen LogP contribution in [0.3, 0.4) is 0 Å². The number of nitrogens with zero attached hydrogens (tertiary/aromatic N) is 5. The van der Waals surface area contributed by atoms with Crippen LogP contribution >= 0.6 is 34.7 Å². The number of thiophene rings is 1. The predicted molar refractivity (Wildman–Crippen MR) is 165 cm³/mol. The van der Waals surface area contributed by atoms with Gasteiger partial charge < -0.3 is 9.80 Å². The SMILES string of the molecule is C=CC(=O)N1[C@H](C)CN(c2nc(=O)n3c4c(c(-c5cc(Cl)cs5)c(C(F)(F)F)cc24)SC[C@@H](c2cccnc2)C3)C[C@@H]1C. The Kier molecular flexibility index (Phi) is 7.80. The van der Waals surface area contributed by atoms with Crippen molar-refractivity contribution in [2.45, 2.75) is 49.5 Å². The van der Waals surface area contributed by atoms with Crippen LogP contribution in [0.25, 0.3) is 21.3 Å². The highest BCUT2D eigenvalue weighted by molar-refractivity contribution is 7.99. The molecule has 7 nitrogen and oxygen atoms in total. The molecule has 0 bridgehead atoms. The molecule has 5 heterocycles. The summed E-state index contributed by atoms with van der Waals surface area (Å²) in [7, 11) is 0. The zero-order valence-electron chi connectivity index (χ0n) is 23.3. The van der Waals surface area contributed by atoms with Crippen molar-refractivity contribution in [3.63, 3.8) is 0 Å². The van der Waals surface area contributed by atoms with Gasteiger partial charge in [-0.15, -0.1) is 23.1 Å². The fourth-order valence-electron chi connectivity index (χ4n) is 6.17. The van der Waals surface area contributed by atoms with Crippen molar-refractivity contribution >= 4 is 57.3 Å². The van der Waals surface area contributed by atoms with Crippen LogP contribution < -0.4 is 10.6 Å². The van der Waals surface area contributed by atoms with E-state index in [1.807, 2.05) is 24.8 Å². The zero-order chi connectivity index (χ0) is 30.6. The third kappa shape index (κ3) is 5.33. The van der Waals surface area contributed by atoms with Crippen molar-refractivity contribution in [1.29, 1.82) is 0 Å². The maximum Gasteiger partial charge on any atom is 0.417 e. The van der Waals surface area contributed by atoms with Crippen LogP contribution in [0.4, 0.5) is 19.0 Å². The highest BCUT2D eigenvalue weighted by Gasteiger charge is 2.40. The minimum Gasteiger partial charge on any atom is -0.352 e. The monoisotopic (exact) mass is 645 g/mol. The quantitative estimate of drug-likeness (QED) is 0.230. The van der Waals surface area contributed by atoms with E-state index in [-0.39, 0.29) is 47.2 Å². The molecular formula is C30H27ClF3N5O2S2. The van der Waals surface area contributed by atoms with Crippen LogP contribution in [0.15, 0.2) is 64.4 Å². The summed E-state index contributed by atoms with van der Waals surface area (Å²) >= 11 is 8.64. The van der Waals surface area contributed by atoms with Crippen molar-refractivity contribution in [3.8, 4) is 10.4 Å². The number of carbonyl (C=O) groups is 1. The Morgan fingerprint density at radius 1 is 1.19 bits per heavy atom. The molecule has 0 radical (unpaired) electrons. The largest absolute Gasteiger partial charge is 0.417 e. The summed E-state index contributed by atoms with van der Waals surface area (Å²) in [6.45, 7) is 8.13. The fraction of sp³-hybridized carbons (Fsp3) is 0.333. The maximum atomic E-state index is 14.9. The van der Waals surface area contributed by atoms with E-state index in [1.165, 1.54) is 28.5 Å². The molecule has 6 rings (SSSR count). The first-order chi connectivity index (χ1) is 20.5. The van der Waals surface area contributed by atoms with Gasteiger partial charge in [-0.3, -0.25) is 14.3 Å². The maximum absolute atomic E-state index is 14.9. The first-order valence-corrected chi connectivity index (χ1v) is 15.9. The first kappa shape index (κ1) is 29.7. The molecule has 0 aliphatic carbocycles. The molecule has 3 aromatic heterocycles. The number of piperazine rings is 1. The molecule has 4 aromatic rings. The van der Waals surface area contributed by atoms with Gasteiger partial charge in [0.15, 0.2) is 0 Å². The third-order valence-electron chi connectivity index (χ3n) is 7.95. The molecule has 0 spiro atoms. The molecule has 224 valence electrons. The average molecular weight is 646 g/mol.